The first kappa shape index (κ1) is 17.2. The van der Waals surface area contributed by atoms with Crippen molar-refractivity contribution < 1.29 is 10.2 Å². The standard InChI is InChI=1S/C13H17Br2NO2.ClH/c14-8-5-9(13(18)10(15)6-8)11(16)12(17)7-3-1-2-4-7;/h5-7,11-12,17-18H,1-4,16H2;1H/t11-,12+;/m0./s1. The molecule has 0 spiro atoms. The summed E-state index contributed by atoms with van der Waals surface area (Å²) < 4.78 is 1.41. The molecule has 108 valence electrons. The zero-order chi connectivity index (χ0) is 13.3. The van der Waals surface area contributed by atoms with E-state index in [0.29, 0.717) is 10.0 Å². The molecule has 2 rings (SSSR count). The Morgan fingerprint density at radius 3 is 2.37 bits per heavy atom. The smallest absolute Gasteiger partial charge is 0.134 e. The quantitative estimate of drug-likeness (QED) is 0.702. The molecule has 1 aromatic rings. The lowest BCUT2D eigenvalue weighted by molar-refractivity contribution is 0.0836. The maximum atomic E-state index is 10.3. The summed E-state index contributed by atoms with van der Waals surface area (Å²) in [6.45, 7) is 0. The van der Waals surface area contributed by atoms with Crippen LogP contribution in [0.3, 0.4) is 0 Å². The number of nitrogens with two attached hydrogens (primary N) is 1. The van der Waals surface area contributed by atoms with Crippen molar-refractivity contribution in [2.75, 3.05) is 0 Å². The molecular weight excluding hydrogens is 397 g/mol. The van der Waals surface area contributed by atoms with E-state index in [9.17, 15) is 10.2 Å². The van der Waals surface area contributed by atoms with Gasteiger partial charge in [-0.25, -0.2) is 0 Å². The second-order valence-electron chi connectivity index (χ2n) is 4.89. The van der Waals surface area contributed by atoms with Gasteiger partial charge in [-0.3, -0.25) is 0 Å². The highest BCUT2D eigenvalue weighted by atomic mass is 79.9. The van der Waals surface area contributed by atoms with Gasteiger partial charge in [0.05, 0.1) is 16.6 Å². The predicted molar refractivity (Wildman–Crippen MR) is 85.6 cm³/mol. The largest absolute Gasteiger partial charge is 0.506 e. The number of rotatable bonds is 3. The number of benzene rings is 1. The summed E-state index contributed by atoms with van der Waals surface area (Å²) in [5.74, 6) is 0.361. The summed E-state index contributed by atoms with van der Waals surface area (Å²) in [6.07, 6.45) is 3.75. The number of phenolic OH excluding ortho intramolecular Hbond substituents is 1. The van der Waals surface area contributed by atoms with Gasteiger partial charge in [-0.15, -0.1) is 12.4 Å². The second-order valence-corrected chi connectivity index (χ2v) is 6.66. The molecule has 0 aromatic heterocycles. The summed E-state index contributed by atoms with van der Waals surface area (Å²) in [6, 6.07) is 2.97. The number of phenols is 1. The normalized spacial score (nSPS) is 18.9. The molecule has 19 heavy (non-hydrogen) atoms. The highest BCUT2D eigenvalue weighted by Gasteiger charge is 2.30. The van der Waals surface area contributed by atoms with Gasteiger partial charge in [-0.2, -0.15) is 0 Å². The predicted octanol–water partition coefficient (Wildman–Crippen LogP) is 3.89. The topological polar surface area (TPSA) is 66.5 Å². The van der Waals surface area contributed by atoms with Crippen LogP contribution in [-0.2, 0) is 0 Å². The number of aromatic hydroxyl groups is 1. The molecule has 1 aliphatic rings. The van der Waals surface area contributed by atoms with E-state index in [4.69, 9.17) is 5.73 Å². The van der Waals surface area contributed by atoms with Gasteiger partial charge < -0.3 is 15.9 Å². The van der Waals surface area contributed by atoms with Crippen LogP contribution in [0.2, 0.25) is 0 Å². The molecule has 1 aromatic carbocycles. The fourth-order valence-corrected chi connectivity index (χ4v) is 3.87. The van der Waals surface area contributed by atoms with E-state index in [1.807, 2.05) is 0 Å². The third-order valence-electron chi connectivity index (χ3n) is 3.67. The van der Waals surface area contributed by atoms with Gasteiger partial charge in [-0.1, -0.05) is 28.8 Å². The molecule has 0 unspecified atom stereocenters. The van der Waals surface area contributed by atoms with Crippen molar-refractivity contribution in [3.8, 4) is 5.75 Å². The number of halogens is 3. The maximum absolute atomic E-state index is 10.3. The van der Waals surface area contributed by atoms with E-state index < -0.39 is 12.1 Å². The first-order valence-electron chi connectivity index (χ1n) is 6.12. The molecule has 0 radical (unpaired) electrons. The van der Waals surface area contributed by atoms with E-state index in [1.165, 1.54) is 0 Å². The summed E-state index contributed by atoms with van der Waals surface area (Å²) in [4.78, 5) is 0. The maximum Gasteiger partial charge on any atom is 0.134 e. The average Bonchev–Trinajstić information content (AvgIpc) is 2.85. The Balaban J connectivity index is 0.00000180. The third kappa shape index (κ3) is 3.85. The molecule has 0 amide bonds. The minimum atomic E-state index is -0.598. The van der Waals surface area contributed by atoms with Crippen molar-refractivity contribution in [3.63, 3.8) is 0 Å². The molecule has 0 heterocycles. The molecule has 0 saturated heterocycles. The van der Waals surface area contributed by atoms with Crippen LogP contribution in [0.1, 0.15) is 37.3 Å². The van der Waals surface area contributed by atoms with Crippen LogP contribution >= 0.6 is 44.3 Å². The Labute approximate surface area is 136 Å². The fraction of sp³-hybridized carbons (Fsp3) is 0.538. The van der Waals surface area contributed by atoms with E-state index in [0.717, 1.165) is 30.2 Å². The van der Waals surface area contributed by atoms with Crippen molar-refractivity contribution in [1.29, 1.82) is 0 Å². The zero-order valence-electron chi connectivity index (χ0n) is 10.4. The zero-order valence-corrected chi connectivity index (χ0v) is 14.3. The highest BCUT2D eigenvalue weighted by Crippen LogP contribution is 2.39. The van der Waals surface area contributed by atoms with Crippen LogP contribution in [-0.4, -0.2) is 16.3 Å². The van der Waals surface area contributed by atoms with Gasteiger partial charge in [0, 0.05) is 10.0 Å². The van der Waals surface area contributed by atoms with E-state index >= 15 is 0 Å². The molecule has 1 aliphatic carbocycles. The molecule has 0 aliphatic heterocycles. The van der Waals surface area contributed by atoms with Crippen LogP contribution in [0.15, 0.2) is 21.1 Å². The SMILES string of the molecule is Cl.N[C@@H](c1cc(Br)cc(Br)c1O)[C@H](O)C1CCCC1. The highest BCUT2D eigenvalue weighted by molar-refractivity contribution is 9.11. The monoisotopic (exact) mass is 413 g/mol. The summed E-state index contributed by atoms with van der Waals surface area (Å²) in [5.41, 5.74) is 6.68. The van der Waals surface area contributed by atoms with Crippen LogP contribution in [0.5, 0.6) is 5.75 Å². The summed E-state index contributed by atoms with van der Waals surface area (Å²) >= 11 is 6.65. The van der Waals surface area contributed by atoms with Crippen LogP contribution < -0.4 is 5.73 Å². The van der Waals surface area contributed by atoms with Crippen LogP contribution in [0.25, 0.3) is 0 Å². The van der Waals surface area contributed by atoms with Gasteiger partial charge in [0.2, 0.25) is 0 Å². The molecule has 1 fully saturated rings. The lowest BCUT2D eigenvalue weighted by Crippen LogP contribution is -2.32. The Morgan fingerprint density at radius 1 is 1.21 bits per heavy atom. The lowest BCUT2D eigenvalue weighted by Gasteiger charge is -2.25. The van der Waals surface area contributed by atoms with Crippen molar-refractivity contribution in [3.05, 3.63) is 26.6 Å². The van der Waals surface area contributed by atoms with Crippen molar-refractivity contribution in [2.45, 2.75) is 37.8 Å². The summed E-state index contributed by atoms with van der Waals surface area (Å²) in [7, 11) is 0. The van der Waals surface area contributed by atoms with E-state index in [2.05, 4.69) is 31.9 Å². The van der Waals surface area contributed by atoms with Crippen molar-refractivity contribution in [1.82, 2.24) is 0 Å². The third-order valence-corrected chi connectivity index (χ3v) is 4.73. The van der Waals surface area contributed by atoms with E-state index in [-0.39, 0.29) is 24.1 Å². The van der Waals surface area contributed by atoms with Gasteiger partial charge in [0.1, 0.15) is 5.75 Å². The Hall–Kier alpha value is 0.190. The van der Waals surface area contributed by atoms with Gasteiger partial charge in [-0.05, 0) is 46.8 Å². The van der Waals surface area contributed by atoms with E-state index in [1.54, 1.807) is 12.1 Å². The summed E-state index contributed by atoms with van der Waals surface area (Å²) in [5, 5.41) is 20.3. The lowest BCUT2D eigenvalue weighted by atomic mass is 9.90. The number of hydrogen-bond acceptors (Lipinski definition) is 3. The average molecular weight is 416 g/mol. The molecule has 2 atom stereocenters. The second kappa shape index (κ2) is 7.27. The number of hydrogen-bond donors (Lipinski definition) is 3. The Morgan fingerprint density at radius 2 is 1.79 bits per heavy atom. The number of aliphatic hydroxyl groups is 1. The van der Waals surface area contributed by atoms with Gasteiger partial charge in [0.25, 0.3) is 0 Å². The van der Waals surface area contributed by atoms with Gasteiger partial charge >= 0.3 is 0 Å². The Kier molecular flexibility index (Phi) is 6.60. The van der Waals surface area contributed by atoms with Crippen LogP contribution in [0, 0.1) is 5.92 Å². The van der Waals surface area contributed by atoms with Crippen molar-refractivity contribution >= 4 is 44.3 Å². The molecule has 3 nitrogen and oxygen atoms in total. The Bertz CT molecular complexity index is 439. The van der Waals surface area contributed by atoms with Crippen molar-refractivity contribution in [2.24, 2.45) is 11.7 Å². The molecular formula is C13H18Br2ClNO2. The first-order valence-corrected chi connectivity index (χ1v) is 7.71. The minimum Gasteiger partial charge on any atom is -0.506 e. The van der Waals surface area contributed by atoms with Crippen LogP contribution in [0.4, 0.5) is 0 Å². The van der Waals surface area contributed by atoms with Gasteiger partial charge in [0.15, 0.2) is 0 Å². The molecule has 0 bridgehead atoms. The molecule has 4 N–H and O–H groups in total. The minimum absolute atomic E-state index is 0. The molecule has 6 heteroatoms. The fourth-order valence-electron chi connectivity index (χ4n) is 2.62. The number of aliphatic hydroxyl groups excluding tert-OH is 1. The first-order chi connectivity index (χ1) is 8.50. The molecule has 1 saturated carbocycles.